The SMILES string of the molecule is CC(C)=CC1C(C(=O)OCN2C(=O)C3=C(CCCC3)C2=O)C1(C)C.CCN(CC)C(=O)c1cccc(C)c1. The van der Waals surface area contributed by atoms with Crippen LogP contribution in [0.15, 0.2) is 47.1 Å². The van der Waals surface area contributed by atoms with Crippen LogP contribution < -0.4 is 0 Å². The van der Waals surface area contributed by atoms with E-state index in [4.69, 9.17) is 4.74 Å². The summed E-state index contributed by atoms with van der Waals surface area (Å²) in [7, 11) is 0. The number of rotatable bonds is 7. The van der Waals surface area contributed by atoms with Gasteiger partial charge in [-0.15, -0.1) is 0 Å². The zero-order valence-electron chi connectivity index (χ0n) is 23.9. The van der Waals surface area contributed by atoms with Crippen molar-refractivity contribution in [3.63, 3.8) is 0 Å². The molecular weight excluding hydrogens is 480 g/mol. The molecule has 2 unspecified atom stereocenters. The number of esters is 1. The molecule has 3 aliphatic rings. The quantitative estimate of drug-likeness (QED) is 0.270. The molecule has 0 N–H and O–H groups in total. The van der Waals surface area contributed by atoms with Crippen molar-refractivity contribution < 1.29 is 23.9 Å². The standard InChI is InChI=1S/C19H25NO4.C12H17NO/c1-11(2)9-14-15(19(14,3)4)18(23)24-10-20-16(21)12-7-5-6-8-13(12)17(20)22;1-4-13(5-2)12(14)11-8-6-7-10(3)9-11/h9,14-15H,5-8,10H2,1-4H3;6-9H,4-5H2,1-3H3. The van der Waals surface area contributed by atoms with Crippen LogP contribution in [-0.4, -0.2) is 53.3 Å². The second-order valence-electron chi connectivity index (χ2n) is 11.2. The monoisotopic (exact) mass is 522 g/mol. The molecule has 1 heterocycles. The molecule has 7 heteroatoms. The minimum absolute atomic E-state index is 0.124. The Balaban J connectivity index is 0.000000244. The number of amides is 3. The Hall–Kier alpha value is -3.22. The fourth-order valence-electron chi connectivity index (χ4n) is 5.40. The van der Waals surface area contributed by atoms with Gasteiger partial charge in [0.1, 0.15) is 0 Å². The van der Waals surface area contributed by atoms with Gasteiger partial charge in [0.15, 0.2) is 6.73 Å². The number of ether oxygens (including phenoxy) is 1. The third-order valence-electron chi connectivity index (χ3n) is 7.80. The molecule has 38 heavy (non-hydrogen) atoms. The van der Waals surface area contributed by atoms with Gasteiger partial charge in [-0.05, 0) is 83.8 Å². The van der Waals surface area contributed by atoms with Crippen molar-refractivity contribution in [2.45, 2.75) is 74.1 Å². The van der Waals surface area contributed by atoms with Crippen LogP contribution >= 0.6 is 0 Å². The number of carbonyl (C=O) groups is 4. The van der Waals surface area contributed by atoms with Crippen molar-refractivity contribution in [3.05, 3.63) is 58.2 Å². The molecule has 3 amide bonds. The van der Waals surface area contributed by atoms with E-state index >= 15 is 0 Å². The van der Waals surface area contributed by atoms with E-state index in [0.29, 0.717) is 24.0 Å². The maximum Gasteiger partial charge on any atom is 0.311 e. The minimum Gasteiger partial charge on any atom is -0.443 e. The topological polar surface area (TPSA) is 84.0 Å². The van der Waals surface area contributed by atoms with E-state index < -0.39 is 0 Å². The normalized spacial score (nSPS) is 21.3. The lowest BCUT2D eigenvalue weighted by molar-refractivity contribution is -0.156. The first kappa shape index (κ1) is 29.3. The van der Waals surface area contributed by atoms with E-state index in [-0.39, 0.29) is 47.7 Å². The van der Waals surface area contributed by atoms with Crippen molar-refractivity contribution in [1.29, 1.82) is 0 Å². The van der Waals surface area contributed by atoms with Crippen LogP contribution in [0.4, 0.5) is 0 Å². The molecule has 2 aliphatic carbocycles. The Bertz CT molecular complexity index is 1130. The van der Waals surface area contributed by atoms with E-state index in [1.165, 1.54) is 5.57 Å². The molecule has 2 atom stereocenters. The second kappa shape index (κ2) is 12.1. The second-order valence-corrected chi connectivity index (χ2v) is 11.2. The molecule has 4 rings (SSSR count). The van der Waals surface area contributed by atoms with Crippen molar-refractivity contribution in [2.24, 2.45) is 17.3 Å². The van der Waals surface area contributed by atoms with Crippen LogP contribution in [-0.2, 0) is 19.1 Å². The Labute approximate surface area is 226 Å². The summed E-state index contributed by atoms with van der Waals surface area (Å²) in [4.78, 5) is 51.8. The predicted octanol–water partition coefficient (Wildman–Crippen LogP) is 5.44. The molecule has 1 aromatic rings. The van der Waals surface area contributed by atoms with Gasteiger partial charge in [0, 0.05) is 29.8 Å². The van der Waals surface area contributed by atoms with Crippen LogP contribution in [0.1, 0.15) is 83.1 Å². The van der Waals surface area contributed by atoms with Gasteiger partial charge in [0.05, 0.1) is 5.92 Å². The van der Waals surface area contributed by atoms with Gasteiger partial charge in [-0.3, -0.25) is 19.2 Å². The minimum atomic E-state index is -0.326. The molecular formula is C31H42N2O5. The molecule has 1 saturated carbocycles. The highest BCUT2D eigenvalue weighted by atomic mass is 16.5. The van der Waals surface area contributed by atoms with Gasteiger partial charge >= 0.3 is 5.97 Å². The van der Waals surface area contributed by atoms with Gasteiger partial charge in [-0.1, -0.05) is 43.2 Å². The lowest BCUT2D eigenvalue weighted by Gasteiger charge is -2.18. The molecule has 0 saturated heterocycles. The lowest BCUT2D eigenvalue weighted by atomic mass is 9.93. The third-order valence-corrected chi connectivity index (χ3v) is 7.80. The van der Waals surface area contributed by atoms with Crippen LogP contribution in [0.2, 0.25) is 0 Å². The summed E-state index contributed by atoms with van der Waals surface area (Å²) in [6.45, 7) is 15.4. The number of aryl methyl sites for hydroxylation is 1. The summed E-state index contributed by atoms with van der Waals surface area (Å²) in [5.41, 5.74) is 4.19. The molecule has 0 aromatic heterocycles. The van der Waals surface area contributed by atoms with Crippen molar-refractivity contribution in [2.75, 3.05) is 19.8 Å². The summed E-state index contributed by atoms with van der Waals surface area (Å²) >= 11 is 0. The third kappa shape index (κ3) is 6.25. The Morgan fingerprint density at radius 1 is 1.05 bits per heavy atom. The maximum absolute atomic E-state index is 12.4. The molecule has 0 radical (unpaired) electrons. The Kier molecular flexibility index (Phi) is 9.34. The first-order valence-electron chi connectivity index (χ1n) is 13.7. The van der Waals surface area contributed by atoms with Crippen molar-refractivity contribution >= 4 is 23.7 Å². The molecule has 1 fully saturated rings. The number of carbonyl (C=O) groups excluding carboxylic acids is 4. The molecule has 1 aromatic carbocycles. The summed E-state index contributed by atoms with van der Waals surface area (Å²) in [5.74, 6) is -0.808. The highest BCUT2D eigenvalue weighted by Gasteiger charge is 2.61. The predicted molar refractivity (Wildman–Crippen MR) is 147 cm³/mol. The smallest absolute Gasteiger partial charge is 0.311 e. The zero-order chi connectivity index (χ0) is 28.2. The first-order chi connectivity index (χ1) is 17.9. The molecule has 7 nitrogen and oxygen atoms in total. The fourth-order valence-corrected chi connectivity index (χ4v) is 5.40. The average Bonchev–Trinajstić information content (AvgIpc) is 3.32. The van der Waals surface area contributed by atoms with Crippen molar-refractivity contribution in [3.8, 4) is 0 Å². The van der Waals surface area contributed by atoms with Gasteiger partial charge in [-0.2, -0.15) is 0 Å². The highest BCUT2D eigenvalue weighted by Crippen LogP contribution is 2.59. The van der Waals surface area contributed by atoms with Crippen LogP contribution in [0.3, 0.4) is 0 Å². The number of benzene rings is 1. The number of hydrogen-bond donors (Lipinski definition) is 0. The molecule has 0 bridgehead atoms. The molecule has 1 aliphatic heterocycles. The van der Waals surface area contributed by atoms with Gasteiger partial charge in [0.2, 0.25) is 0 Å². The summed E-state index contributed by atoms with van der Waals surface area (Å²) in [5, 5.41) is 0. The number of allylic oxidation sites excluding steroid dienone is 2. The van der Waals surface area contributed by atoms with Crippen molar-refractivity contribution in [1.82, 2.24) is 9.80 Å². The Morgan fingerprint density at radius 3 is 2.13 bits per heavy atom. The van der Waals surface area contributed by atoms with E-state index in [9.17, 15) is 19.2 Å². The zero-order valence-corrected chi connectivity index (χ0v) is 23.9. The summed E-state index contributed by atoms with van der Waals surface area (Å²) in [6, 6.07) is 7.72. The molecule has 0 spiro atoms. The maximum atomic E-state index is 12.4. The van der Waals surface area contributed by atoms with E-state index in [1.807, 2.05) is 77.6 Å². The molecule has 206 valence electrons. The van der Waals surface area contributed by atoms with E-state index in [1.54, 1.807) is 0 Å². The van der Waals surface area contributed by atoms with E-state index in [2.05, 4.69) is 6.08 Å². The van der Waals surface area contributed by atoms with E-state index in [0.717, 1.165) is 42.0 Å². The number of nitrogens with zero attached hydrogens (tertiary/aromatic N) is 2. The van der Waals surface area contributed by atoms with Crippen LogP contribution in [0.25, 0.3) is 0 Å². The van der Waals surface area contributed by atoms with Crippen LogP contribution in [0, 0.1) is 24.2 Å². The summed E-state index contributed by atoms with van der Waals surface area (Å²) < 4.78 is 5.33. The lowest BCUT2D eigenvalue weighted by Crippen LogP contribution is -2.35. The Morgan fingerprint density at radius 2 is 1.63 bits per heavy atom. The van der Waals surface area contributed by atoms with Gasteiger partial charge in [-0.25, -0.2) is 4.90 Å². The number of hydrogen-bond acceptors (Lipinski definition) is 5. The average molecular weight is 523 g/mol. The first-order valence-corrected chi connectivity index (χ1v) is 13.7. The van der Waals surface area contributed by atoms with Gasteiger partial charge in [0.25, 0.3) is 17.7 Å². The fraction of sp³-hybridized carbons (Fsp3) is 0.548. The summed E-state index contributed by atoms with van der Waals surface area (Å²) in [6.07, 6.45) is 5.28. The highest BCUT2D eigenvalue weighted by molar-refractivity contribution is 6.19. The largest absolute Gasteiger partial charge is 0.443 e. The number of imide groups is 1. The van der Waals surface area contributed by atoms with Crippen LogP contribution in [0.5, 0.6) is 0 Å². The van der Waals surface area contributed by atoms with Gasteiger partial charge < -0.3 is 9.64 Å².